The fourth-order valence-corrected chi connectivity index (χ4v) is 1.74. The zero-order chi connectivity index (χ0) is 11.9. The maximum Gasteiger partial charge on any atom is 0.281 e. The van der Waals surface area contributed by atoms with Crippen molar-refractivity contribution < 1.29 is 9.21 Å². The minimum atomic E-state index is -0.206. The van der Waals surface area contributed by atoms with Crippen LogP contribution in [0.4, 0.5) is 0 Å². The Hall–Kier alpha value is -2.14. The molecule has 0 saturated heterocycles. The lowest BCUT2D eigenvalue weighted by Gasteiger charge is -1.93. The zero-order valence-corrected chi connectivity index (χ0v) is 9.68. The Morgan fingerprint density at radius 3 is 3.06 bits per heavy atom. The number of hydrogen-bond acceptors (Lipinski definition) is 4. The molecular weight excluding hydrogens is 236 g/mol. The quantitative estimate of drug-likeness (QED) is 0.666. The van der Waals surface area contributed by atoms with Crippen molar-refractivity contribution in [1.29, 1.82) is 0 Å². The molecular formula is C12H10N2O2S. The summed E-state index contributed by atoms with van der Waals surface area (Å²) >= 11 is 1.37. The second-order valence-electron chi connectivity index (χ2n) is 3.07. The number of carbonyl (C=O) groups excluding carboxylic acids is 1. The van der Waals surface area contributed by atoms with Gasteiger partial charge in [-0.1, -0.05) is 6.07 Å². The average molecular weight is 246 g/mol. The average Bonchev–Trinajstić information content (AvgIpc) is 3.01. The van der Waals surface area contributed by atoms with Crippen LogP contribution in [0.15, 0.2) is 51.5 Å². The van der Waals surface area contributed by atoms with Crippen LogP contribution in [0.5, 0.6) is 0 Å². The Morgan fingerprint density at radius 2 is 2.35 bits per heavy atom. The first-order chi connectivity index (χ1) is 8.36. The lowest BCUT2D eigenvalue weighted by atomic mass is 10.4. The van der Waals surface area contributed by atoms with Crippen LogP contribution < -0.4 is 5.43 Å². The first-order valence-corrected chi connectivity index (χ1v) is 5.81. The zero-order valence-electron chi connectivity index (χ0n) is 8.87. The van der Waals surface area contributed by atoms with Crippen molar-refractivity contribution in [3.05, 3.63) is 52.6 Å². The monoisotopic (exact) mass is 246 g/mol. The summed E-state index contributed by atoms with van der Waals surface area (Å²) in [5, 5.41) is 5.62. The van der Waals surface area contributed by atoms with Gasteiger partial charge in [-0.15, -0.1) is 11.3 Å². The molecule has 2 aromatic rings. The third kappa shape index (κ3) is 3.42. The predicted octanol–water partition coefficient (Wildman–Crippen LogP) is 2.77. The van der Waals surface area contributed by atoms with Gasteiger partial charge in [0.2, 0.25) is 0 Å². The number of hydrazone groups is 1. The molecule has 2 rings (SSSR count). The summed E-state index contributed by atoms with van der Waals surface area (Å²) in [7, 11) is 0. The van der Waals surface area contributed by atoms with E-state index in [-0.39, 0.29) is 5.91 Å². The molecule has 0 spiro atoms. The maximum atomic E-state index is 11.4. The van der Waals surface area contributed by atoms with Gasteiger partial charge in [-0.05, 0) is 35.7 Å². The molecule has 0 atom stereocenters. The van der Waals surface area contributed by atoms with Crippen molar-refractivity contribution in [2.45, 2.75) is 0 Å². The third-order valence-electron chi connectivity index (χ3n) is 1.88. The van der Waals surface area contributed by atoms with Crippen molar-refractivity contribution in [3.8, 4) is 0 Å². The van der Waals surface area contributed by atoms with Crippen molar-refractivity contribution in [2.24, 2.45) is 5.10 Å². The molecule has 1 amide bonds. The first kappa shape index (κ1) is 11.3. The van der Waals surface area contributed by atoms with Crippen LogP contribution in [-0.4, -0.2) is 12.1 Å². The van der Waals surface area contributed by atoms with Gasteiger partial charge in [0.25, 0.3) is 5.91 Å². The number of thiophene rings is 1. The number of allylic oxidation sites excluding steroid dienone is 1. The van der Waals surface area contributed by atoms with Crippen LogP contribution in [-0.2, 0) is 0 Å². The number of hydrogen-bond donors (Lipinski definition) is 1. The molecule has 2 aromatic heterocycles. The van der Waals surface area contributed by atoms with Crippen molar-refractivity contribution in [3.63, 3.8) is 0 Å². The van der Waals surface area contributed by atoms with Gasteiger partial charge in [-0.25, -0.2) is 5.43 Å². The molecule has 0 aliphatic carbocycles. The van der Waals surface area contributed by atoms with Gasteiger partial charge in [0, 0.05) is 6.21 Å². The topological polar surface area (TPSA) is 54.6 Å². The standard InChI is InChI=1S/C12H10N2O2S/c15-12(11-6-3-9-17-11)14-13-7-1-4-10-5-2-8-16-10/h1-9H,(H,14,15)/b4-1-,13-7+. The molecule has 5 heteroatoms. The molecule has 0 bridgehead atoms. The van der Waals surface area contributed by atoms with Crippen molar-refractivity contribution in [2.75, 3.05) is 0 Å². The maximum absolute atomic E-state index is 11.4. The van der Waals surface area contributed by atoms with Gasteiger partial charge in [-0.3, -0.25) is 4.79 Å². The van der Waals surface area contributed by atoms with Gasteiger partial charge in [-0.2, -0.15) is 5.10 Å². The van der Waals surface area contributed by atoms with E-state index in [1.807, 2.05) is 17.5 Å². The van der Waals surface area contributed by atoms with Crippen LogP contribution in [0.2, 0.25) is 0 Å². The van der Waals surface area contributed by atoms with Gasteiger partial charge < -0.3 is 4.42 Å². The number of nitrogens with zero attached hydrogens (tertiary/aromatic N) is 1. The summed E-state index contributed by atoms with van der Waals surface area (Å²) in [5.74, 6) is 0.531. The highest BCUT2D eigenvalue weighted by Gasteiger charge is 2.02. The Balaban J connectivity index is 1.80. The molecule has 1 N–H and O–H groups in total. The highest BCUT2D eigenvalue weighted by atomic mass is 32.1. The fraction of sp³-hybridized carbons (Fsp3) is 0. The molecule has 86 valence electrons. The summed E-state index contributed by atoms with van der Waals surface area (Å²) in [6.45, 7) is 0. The van der Waals surface area contributed by atoms with Crippen molar-refractivity contribution in [1.82, 2.24) is 5.43 Å². The molecule has 0 saturated carbocycles. The van der Waals surface area contributed by atoms with E-state index in [2.05, 4.69) is 10.5 Å². The summed E-state index contributed by atoms with van der Waals surface area (Å²) in [6.07, 6.45) is 6.53. The van der Waals surface area contributed by atoms with Crippen LogP contribution in [0.1, 0.15) is 15.4 Å². The lowest BCUT2D eigenvalue weighted by molar-refractivity contribution is 0.0959. The molecule has 17 heavy (non-hydrogen) atoms. The smallest absolute Gasteiger partial charge is 0.281 e. The molecule has 0 aliphatic rings. The largest absolute Gasteiger partial charge is 0.465 e. The van der Waals surface area contributed by atoms with Gasteiger partial charge >= 0.3 is 0 Å². The first-order valence-electron chi connectivity index (χ1n) is 4.93. The molecule has 4 nitrogen and oxygen atoms in total. The van der Waals surface area contributed by atoms with Crippen LogP contribution in [0.25, 0.3) is 6.08 Å². The number of furan rings is 1. The van der Waals surface area contributed by atoms with E-state index in [0.29, 0.717) is 4.88 Å². The van der Waals surface area contributed by atoms with Crippen LogP contribution >= 0.6 is 11.3 Å². The second kappa shape index (κ2) is 5.81. The van der Waals surface area contributed by atoms with E-state index >= 15 is 0 Å². The predicted molar refractivity (Wildman–Crippen MR) is 68.0 cm³/mol. The Labute approximate surface area is 102 Å². The van der Waals surface area contributed by atoms with Gasteiger partial charge in [0.05, 0.1) is 11.1 Å². The minimum absolute atomic E-state index is 0.206. The van der Waals surface area contributed by atoms with E-state index in [0.717, 1.165) is 5.76 Å². The Morgan fingerprint density at radius 1 is 1.41 bits per heavy atom. The SMILES string of the molecule is O=C(N/N=C/C=C\c1ccco1)c1cccs1. The highest BCUT2D eigenvalue weighted by molar-refractivity contribution is 7.12. The van der Waals surface area contributed by atoms with E-state index in [1.165, 1.54) is 17.6 Å². The summed E-state index contributed by atoms with van der Waals surface area (Å²) in [5.41, 5.74) is 2.42. The highest BCUT2D eigenvalue weighted by Crippen LogP contribution is 2.07. The van der Waals surface area contributed by atoms with Gasteiger partial charge in [0.15, 0.2) is 0 Å². The second-order valence-corrected chi connectivity index (χ2v) is 4.02. The van der Waals surface area contributed by atoms with Crippen LogP contribution in [0.3, 0.4) is 0 Å². The molecule has 0 fully saturated rings. The van der Waals surface area contributed by atoms with Gasteiger partial charge in [0.1, 0.15) is 5.76 Å². The number of nitrogens with one attached hydrogen (secondary N) is 1. The number of amides is 1. The minimum Gasteiger partial charge on any atom is -0.465 e. The summed E-state index contributed by atoms with van der Waals surface area (Å²) in [6, 6.07) is 7.19. The number of rotatable bonds is 4. The summed E-state index contributed by atoms with van der Waals surface area (Å²) < 4.78 is 5.09. The molecule has 0 aromatic carbocycles. The van der Waals surface area contributed by atoms with E-state index in [9.17, 15) is 4.79 Å². The van der Waals surface area contributed by atoms with E-state index in [4.69, 9.17) is 4.42 Å². The third-order valence-corrected chi connectivity index (χ3v) is 2.74. The lowest BCUT2D eigenvalue weighted by Crippen LogP contribution is -2.15. The molecule has 0 unspecified atom stereocenters. The molecule has 0 radical (unpaired) electrons. The molecule has 0 aliphatic heterocycles. The van der Waals surface area contributed by atoms with Crippen molar-refractivity contribution >= 4 is 29.5 Å². The normalized spacial score (nSPS) is 11.3. The van der Waals surface area contributed by atoms with Crippen LogP contribution in [0, 0.1) is 0 Å². The van der Waals surface area contributed by atoms with E-state index < -0.39 is 0 Å². The van der Waals surface area contributed by atoms with E-state index in [1.54, 1.807) is 30.5 Å². The fourth-order valence-electron chi connectivity index (χ4n) is 1.13. The summed E-state index contributed by atoms with van der Waals surface area (Å²) in [4.78, 5) is 12.1. The Kier molecular flexibility index (Phi) is 3.88. The number of carbonyl (C=O) groups is 1. The molecule has 2 heterocycles. The Bertz CT molecular complexity index is 513.